The fourth-order valence-electron chi connectivity index (χ4n) is 1.35. The highest BCUT2D eigenvalue weighted by Crippen LogP contribution is 2.14. The zero-order valence-corrected chi connectivity index (χ0v) is 11.1. The van der Waals surface area contributed by atoms with Gasteiger partial charge in [0.1, 0.15) is 4.60 Å². The van der Waals surface area contributed by atoms with Crippen LogP contribution in [0.3, 0.4) is 0 Å². The number of anilines is 2. The first kappa shape index (κ1) is 12.4. The molecule has 0 aliphatic heterocycles. The van der Waals surface area contributed by atoms with E-state index in [2.05, 4.69) is 41.5 Å². The highest BCUT2D eigenvalue weighted by atomic mass is 79.9. The molecule has 0 aliphatic rings. The van der Waals surface area contributed by atoms with Gasteiger partial charge in [0.2, 0.25) is 0 Å². The molecule has 0 spiro atoms. The summed E-state index contributed by atoms with van der Waals surface area (Å²) >= 11 is 3.17. The van der Waals surface area contributed by atoms with Gasteiger partial charge in [-0.15, -0.1) is 0 Å². The number of carbonyl (C=O) groups is 1. The predicted molar refractivity (Wildman–Crippen MR) is 71.5 cm³/mol. The Morgan fingerprint density at radius 2 is 2.11 bits per heavy atom. The largest absolute Gasteiger partial charge is 0.387 e. The SMILES string of the molecule is CNc1ccncc1C(=O)Nc1cnc(Br)cn1. The predicted octanol–water partition coefficient (Wildman–Crippen LogP) is 1.93. The first-order valence-corrected chi connectivity index (χ1v) is 5.90. The molecule has 0 saturated carbocycles. The zero-order chi connectivity index (χ0) is 13.0. The van der Waals surface area contributed by atoms with Gasteiger partial charge in [-0.3, -0.25) is 9.78 Å². The van der Waals surface area contributed by atoms with Crippen LogP contribution in [-0.2, 0) is 0 Å². The molecular weight excluding hydrogens is 298 g/mol. The summed E-state index contributed by atoms with van der Waals surface area (Å²) in [5.41, 5.74) is 1.15. The van der Waals surface area contributed by atoms with Crippen LogP contribution >= 0.6 is 15.9 Å². The van der Waals surface area contributed by atoms with Crippen molar-refractivity contribution in [3.8, 4) is 0 Å². The molecule has 0 radical (unpaired) electrons. The van der Waals surface area contributed by atoms with Gasteiger partial charge in [-0.25, -0.2) is 9.97 Å². The van der Waals surface area contributed by atoms with Crippen LogP contribution in [-0.4, -0.2) is 27.9 Å². The molecule has 18 heavy (non-hydrogen) atoms. The van der Waals surface area contributed by atoms with Crippen molar-refractivity contribution in [3.63, 3.8) is 0 Å². The third-order valence-electron chi connectivity index (χ3n) is 2.20. The average molecular weight is 308 g/mol. The molecule has 6 nitrogen and oxygen atoms in total. The third-order valence-corrected chi connectivity index (χ3v) is 2.61. The molecule has 2 aromatic rings. The second kappa shape index (κ2) is 5.54. The second-order valence-corrected chi connectivity index (χ2v) is 4.16. The summed E-state index contributed by atoms with van der Waals surface area (Å²) in [7, 11) is 1.74. The lowest BCUT2D eigenvalue weighted by Crippen LogP contribution is -2.15. The van der Waals surface area contributed by atoms with E-state index < -0.39 is 0 Å². The van der Waals surface area contributed by atoms with Gasteiger partial charge >= 0.3 is 0 Å². The lowest BCUT2D eigenvalue weighted by Gasteiger charge is -2.08. The molecule has 2 rings (SSSR count). The fourth-order valence-corrected chi connectivity index (χ4v) is 1.56. The van der Waals surface area contributed by atoms with Crippen LogP contribution < -0.4 is 10.6 Å². The van der Waals surface area contributed by atoms with E-state index in [0.717, 1.165) is 0 Å². The van der Waals surface area contributed by atoms with E-state index in [0.29, 0.717) is 21.7 Å². The maximum Gasteiger partial charge on any atom is 0.260 e. The van der Waals surface area contributed by atoms with Crippen LogP contribution in [0.2, 0.25) is 0 Å². The number of nitrogens with zero attached hydrogens (tertiary/aromatic N) is 3. The highest BCUT2D eigenvalue weighted by Gasteiger charge is 2.11. The Morgan fingerprint density at radius 1 is 1.28 bits per heavy atom. The van der Waals surface area contributed by atoms with Gasteiger partial charge in [0.25, 0.3) is 5.91 Å². The Hall–Kier alpha value is -2.02. The van der Waals surface area contributed by atoms with Crippen molar-refractivity contribution in [1.82, 2.24) is 15.0 Å². The Balaban J connectivity index is 2.19. The minimum atomic E-state index is -0.288. The van der Waals surface area contributed by atoms with Gasteiger partial charge in [-0.2, -0.15) is 0 Å². The normalized spacial score (nSPS) is 9.89. The minimum absolute atomic E-state index is 0.288. The second-order valence-electron chi connectivity index (χ2n) is 3.35. The van der Waals surface area contributed by atoms with Gasteiger partial charge in [0, 0.05) is 25.1 Å². The Kier molecular flexibility index (Phi) is 3.83. The zero-order valence-electron chi connectivity index (χ0n) is 9.51. The molecule has 0 fully saturated rings. The number of amides is 1. The van der Waals surface area contributed by atoms with E-state index in [9.17, 15) is 4.79 Å². The number of pyridine rings is 1. The summed E-state index contributed by atoms with van der Waals surface area (Å²) in [5, 5.41) is 5.57. The van der Waals surface area contributed by atoms with Crippen molar-refractivity contribution in [3.05, 3.63) is 41.0 Å². The monoisotopic (exact) mass is 307 g/mol. The van der Waals surface area contributed by atoms with Crippen molar-refractivity contribution in [2.24, 2.45) is 0 Å². The lowest BCUT2D eigenvalue weighted by atomic mass is 10.2. The highest BCUT2D eigenvalue weighted by molar-refractivity contribution is 9.10. The Bertz CT molecular complexity index is 558. The Morgan fingerprint density at radius 3 is 2.78 bits per heavy atom. The van der Waals surface area contributed by atoms with Crippen molar-refractivity contribution in [2.75, 3.05) is 17.7 Å². The first-order chi connectivity index (χ1) is 8.70. The standard InChI is InChI=1S/C11H10BrN5O/c1-13-8-2-3-14-4-7(8)11(18)17-10-6-15-9(12)5-16-10/h2-6H,1H3,(H,13,14)(H,16,17,18). The van der Waals surface area contributed by atoms with Crippen molar-refractivity contribution >= 4 is 33.3 Å². The summed E-state index contributed by atoms with van der Waals surface area (Å²) in [6.07, 6.45) is 6.09. The molecule has 0 aliphatic carbocycles. The number of aromatic nitrogens is 3. The van der Waals surface area contributed by atoms with E-state index >= 15 is 0 Å². The number of nitrogens with one attached hydrogen (secondary N) is 2. The molecule has 2 heterocycles. The molecule has 0 atom stereocenters. The van der Waals surface area contributed by atoms with E-state index in [4.69, 9.17) is 0 Å². The molecule has 0 bridgehead atoms. The summed E-state index contributed by atoms with van der Waals surface area (Å²) in [4.78, 5) is 23.9. The van der Waals surface area contributed by atoms with Gasteiger partial charge in [0.05, 0.1) is 18.0 Å². The summed E-state index contributed by atoms with van der Waals surface area (Å²) in [6.45, 7) is 0. The topological polar surface area (TPSA) is 79.8 Å². The summed E-state index contributed by atoms with van der Waals surface area (Å²) < 4.78 is 0.609. The molecule has 2 N–H and O–H groups in total. The summed E-state index contributed by atoms with van der Waals surface area (Å²) in [6, 6.07) is 1.72. The van der Waals surface area contributed by atoms with Crippen molar-refractivity contribution in [2.45, 2.75) is 0 Å². The van der Waals surface area contributed by atoms with Crippen LogP contribution in [0.25, 0.3) is 0 Å². The minimum Gasteiger partial charge on any atom is -0.387 e. The maximum absolute atomic E-state index is 12.0. The molecule has 92 valence electrons. The molecule has 7 heteroatoms. The number of halogens is 1. The fraction of sp³-hybridized carbons (Fsp3) is 0.0909. The van der Waals surface area contributed by atoms with E-state index in [-0.39, 0.29) is 5.91 Å². The number of hydrogen-bond donors (Lipinski definition) is 2. The molecule has 1 amide bonds. The number of hydrogen-bond acceptors (Lipinski definition) is 5. The Labute approximate surface area is 112 Å². The van der Waals surface area contributed by atoms with Gasteiger partial charge < -0.3 is 10.6 Å². The van der Waals surface area contributed by atoms with Crippen molar-refractivity contribution in [1.29, 1.82) is 0 Å². The van der Waals surface area contributed by atoms with Gasteiger partial charge in [-0.05, 0) is 22.0 Å². The van der Waals surface area contributed by atoms with Crippen LogP contribution in [0, 0.1) is 0 Å². The first-order valence-electron chi connectivity index (χ1n) is 5.11. The molecule has 0 saturated heterocycles. The van der Waals surface area contributed by atoms with Gasteiger partial charge in [-0.1, -0.05) is 0 Å². The van der Waals surface area contributed by atoms with Gasteiger partial charge in [0.15, 0.2) is 5.82 Å². The van der Waals surface area contributed by atoms with E-state index in [1.165, 1.54) is 18.6 Å². The van der Waals surface area contributed by atoms with E-state index in [1.807, 2.05) is 0 Å². The maximum atomic E-state index is 12.0. The third kappa shape index (κ3) is 2.80. The van der Waals surface area contributed by atoms with Crippen LogP contribution in [0.5, 0.6) is 0 Å². The number of carbonyl (C=O) groups excluding carboxylic acids is 1. The molecule has 0 aromatic carbocycles. The lowest BCUT2D eigenvalue weighted by molar-refractivity contribution is 0.102. The van der Waals surface area contributed by atoms with E-state index in [1.54, 1.807) is 19.3 Å². The van der Waals surface area contributed by atoms with Crippen LogP contribution in [0.4, 0.5) is 11.5 Å². The number of rotatable bonds is 3. The molecular formula is C11H10BrN5O. The van der Waals surface area contributed by atoms with Crippen LogP contribution in [0.1, 0.15) is 10.4 Å². The average Bonchev–Trinajstić information content (AvgIpc) is 2.41. The molecule has 0 unspecified atom stereocenters. The quantitative estimate of drug-likeness (QED) is 0.905. The smallest absolute Gasteiger partial charge is 0.260 e. The van der Waals surface area contributed by atoms with Crippen LogP contribution in [0.15, 0.2) is 35.5 Å². The summed E-state index contributed by atoms with van der Waals surface area (Å²) in [5.74, 6) is 0.0955. The van der Waals surface area contributed by atoms with Crippen molar-refractivity contribution < 1.29 is 4.79 Å². The molecule has 2 aromatic heterocycles.